The number of furan rings is 1. The van der Waals surface area contributed by atoms with E-state index in [0.29, 0.717) is 31.7 Å². The van der Waals surface area contributed by atoms with Gasteiger partial charge in [-0.15, -0.1) is 0 Å². The monoisotopic (exact) mass is 329 g/mol. The molecule has 7 heteroatoms. The zero-order chi connectivity index (χ0) is 17.1. The van der Waals surface area contributed by atoms with Gasteiger partial charge in [-0.1, -0.05) is 0 Å². The lowest BCUT2D eigenvalue weighted by molar-refractivity contribution is 0.0694. The van der Waals surface area contributed by atoms with Gasteiger partial charge in [-0.3, -0.25) is 14.4 Å². The van der Waals surface area contributed by atoms with E-state index < -0.39 is 0 Å². The van der Waals surface area contributed by atoms with E-state index in [1.165, 1.54) is 18.5 Å². The topological polar surface area (TPSA) is 95.4 Å². The molecule has 126 valence electrons. The van der Waals surface area contributed by atoms with Gasteiger partial charge in [0.2, 0.25) is 0 Å². The van der Waals surface area contributed by atoms with Crippen LogP contribution in [0, 0.1) is 6.92 Å². The molecule has 1 aliphatic heterocycles. The molecule has 2 aromatic rings. The van der Waals surface area contributed by atoms with Crippen molar-refractivity contribution < 1.29 is 14.0 Å². The van der Waals surface area contributed by atoms with Crippen LogP contribution in [0.15, 0.2) is 39.9 Å². The third-order valence-corrected chi connectivity index (χ3v) is 4.23. The second-order valence-electron chi connectivity index (χ2n) is 5.89. The van der Waals surface area contributed by atoms with Crippen molar-refractivity contribution in [1.82, 2.24) is 15.2 Å². The second-order valence-corrected chi connectivity index (χ2v) is 5.89. The SMILES string of the molecule is Cc1ccoc1C(=O)NC1CCN(C(=O)c2ccc[nH]c2=O)CC1. The molecule has 0 spiro atoms. The molecular formula is C17H19N3O4. The molecule has 0 aromatic carbocycles. The highest BCUT2D eigenvalue weighted by molar-refractivity contribution is 5.94. The molecule has 0 radical (unpaired) electrons. The number of rotatable bonds is 3. The van der Waals surface area contributed by atoms with Crippen LogP contribution in [0.5, 0.6) is 0 Å². The predicted molar refractivity (Wildman–Crippen MR) is 86.9 cm³/mol. The van der Waals surface area contributed by atoms with Gasteiger partial charge in [0.1, 0.15) is 5.56 Å². The Morgan fingerprint density at radius 3 is 2.67 bits per heavy atom. The van der Waals surface area contributed by atoms with E-state index in [2.05, 4.69) is 10.3 Å². The molecule has 2 aromatic heterocycles. The first-order valence-electron chi connectivity index (χ1n) is 7.88. The van der Waals surface area contributed by atoms with Gasteiger partial charge in [0, 0.05) is 30.9 Å². The van der Waals surface area contributed by atoms with Crippen LogP contribution in [0.4, 0.5) is 0 Å². The standard InChI is InChI=1S/C17H19N3O4/c1-11-6-10-24-14(11)16(22)19-12-4-8-20(9-5-12)17(23)13-3-2-7-18-15(13)21/h2-3,6-7,10,12H,4-5,8-9H2,1H3,(H,18,21)(H,19,22). The number of nitrogens with one attached hydrogen (secondary N) is 2. The van der Waals surface area contributed by atoms with Crippen LogP contribution in [0.3, 0.4) is 0 Å². The van der Waals surface area contributed by atoms with Gasteiger partial charge >= 0.3 is 0 Å². The minimum absolute atomic E-state index is 0.0138. The Kier molecular flexibility index (Phi) is 4.50. The van der Waals surface area contributed by atoms with Crippen LogP contribution < -0.4 is 10.9 Å². The lowest BCUT2D eigenvalue weighted by atomic mass is 10.0. The zero-order valence-electron chi connectivity index (χ0n) is 13.4. The fourth-order valence-electron chi connectivity index (χ4n) is 2.84. The molecule has 0 unspecified atom stereocenters. The van der Waals surface area contributed by atoms with Crippen LogP contribution in [0.25, 0.3) is 0 Å². The molecule has 0 saturated carbocycles. The van der Waals surface area contributed by atoms with Crippen LogP contribution >= 0.6 is 0 Å². The third kappa shape index (κ3) is 3.24. The molecule has 0 aliphatic carbocycles. The largest absolute Gasteiger partial charge is 0.459 e. The maximum atomic E-state index is 12.4. The molecule has 1 aliphatic rings. The maximum Gasteiger partial charge on any atom is 0.287 e. The molecule has 7 nitrogen and oxygen atoms in total. The fraction of sp³-hybridized carbons (Fsp3) is 0.353. The second kappa shape index (κ2) is 6.74. The number of amides is 2. The molecule has 2 amide bonds. The number of aromatic amines is 1. The van der Waals surface area contributed by atoms with Crippen LogP contribution in [0.1, 0.15) is 39.3 Å². The summed E-state index contributed by atoms with van der Waals surface area (Å²) in [7, 11) is 0. The number of H-pyrrole nitrogens is 1. The number of hydrogen-bond acceptors (Lipinski definition) is 4. The Bertz CT molecular complexity index is 800. The van der Waals surface area contributed by atoms with Gasteiger partial charge in [-0.2, -0.15) is 0 Å². The van der Waals surface area contributed by atoms with Crippen molar-refractivity contribution in [3.63, 3.8) is 0 Å². The first-order valence-corrected chi connectivity index (χ1v) is 7.88. The van der Waals surface area contributed by atoms with Crippen LogP contribution in [-0.2, 0) is 0 Å². The Morgan fingerprint density at radius 1 is 1.29 bits per heavy atom. The van der Waals surface area contributed by atoms with Crippen molar-refractivity contribution >= 4 is 11.8 Å². The van der Waals surface area contributed by atoms with Crippen molar-refractivity contribution in [1.29, 1.82) is 0 Å². The minimum Gasteiger partial charge on any atom is -0.459 e. The van der Waals surface area contributed by atoms with Gasteiger partial charge in [-0.05, 0) is 38.0 Å². The minimum atomic E-state index is -0.383. The molecule has 2 N–H and O–H groups in total. The number of carbonyl (C=O) groups excluding carboxylic acids is 2. The Labute approximate surface area is 138 Å². The number of aromatic nitrogens is 1. The Hall–Kier alpha value is -2.83. The maximum absolute atomic E-state index is 12.4. The summed E-state index contributed by atoms with van der Waals surface area (Å²) >= 11 is 0. The van der Waals surface area contributed by atoms with Gasteiger partial charge in [0.05, 0.1) is 6.26 Å². The first kappa shape index (κ1) is 16.0. The van der Waals surface area contributed by atoms with Gasteiger partial charge in [0.15, 0.2) is 5.76 Å². The lowest BCUT2D eigenvalue weighted by Gasteiger charge is -2.32. The van der Waals surface area contributed by atoms with Crippen molar-refractivity contribution in [2.24, 2.45) is 0 Å². The highest BCUT2D eigenvalue weighted by Crippen LogP contribution is 2.15. The summed E-state index contributed by atoms with van der Waals surface area (Å²) < 4.78 is 5.18. The summed E-state index contributed by atoms with van der Waals surface area (Å²) in [5.41, 5.74) is 0.556. The van der Waals surface area contributed by atoms with Gasteiger partial charge in [0.25, 0.3) is 17.4 Å². The fourth-order valence-corrected chi connectivity index (χ4v) is 2.84. The molecule has 0 atom stereocenters. The van der Waals surface area contributed by atoms with Crippen molar-refractivity contribution in [2.45, 2.75) is 25.8 Å². The molecule has 0 bridgehead atoms. The summed E-state index contributed by atoms with van der Waals surface area (Å²) in [4.78, 5) is 40.4. The molecular weight excluding hydrogens is 310 g/mol. The Balaban J connectivity index is 1.57. The third-order valence-electron chi connectivity index (χ3n) is 4.23. The number of likely N-dealkylation sites (tertiary alicyclic amines) is 1. The van der Waals surface area contributed by atoms with Crippen molar-refractivity contribution in [3.8, 4) is 0 Å². The van der Waals surface area contributed by atoms with Gasteiger partial charge in [-0.25, -0.2) is 0 Å². The number of aryl methyl sites for hydroxylation is 1. The predicted octanol–water partition coefficient (Wildman–Crippen LogP) is 1.31. The highest BCUT2D eigenvalue weighted by Gasteiger charge is 2.26. The number of nitrogens with zero attached hydrogens (tertiary/aromatic N) is 1. The van der Waals surface area contributed by atoms with E-state index in [1.807, 2.05) is 6.92 Å². The van der Waals surface area contributed by atoms with E-state index in [0.717, 1.165) is 5.56 Å². The van der Waals surface area contributed by atoms with E-state index in [1.54, 1.807) is 17.0 Å². The first-order chi connectivity index (χ1) is 11.6. The van der Waals surface area contributed by atoms with Crippen molar-refractivity contribution in [2.75, 3.05) is 13.1 Å². The number of piperidine rings is 1. The number of pyridine rings is 1. The van der Waals surface area contributed by atoms with Crippen LogP contribution in [-0.4, -0.2) is 40.8 Å². The average molecular weight is 329 g/mol. The van der Waals surface area contributed by atoms with E-state index >= 15 is 0 Å². The van der Waals surface area contributed by atoms with Crippen LogP contribution in [0.2, 0.25) is 0 Å². The van der Waals surface area contributed by atoms with E-state index in [4.69, 9.17) is 4.42 Å². The molecule has 24 heavy (non-hydrogen) atoms. The summed E-state index contributed by atoms with van der Waals surface area (Å²) in [5.74, 6) is -0.186. The number of hydrogen-bond donors (Lipinski definition) is 2. The lowest BCUT2D eigenvalue weighted by Crippen LogP contribution is -2.47. The van der Waals surface area contributed by atoms with E-state index in [9.17, 15) is 14.4 Å². The normalized spacial score (nSPS) is 15.3. The molecule has 3 rings (SSSR count). The number of carbonyl (C=O) groups is 2. The van der Waals surface area contributed by atoms with Crippen molar-refractivity contribution in [3.05, 3.63) is 57.9 Å². The molecule has 3 heterocycles. The summed E-state index contributed by atoms with van der Waals surface area (Å²) in [6, 6.07) is 4.88. The summed E-state index contributed by atoms with van der Waals surface area (Å²) in [6.07, 6.45) is 4.27. The molecule has 1 fully saturated rings. The van der Waals surface area contributed by atoms with Gasteiger partial charge < -0.3 is 19.6 Å². The average Bonchev–Trinajstić information content (AvgIpc) is 3.01. The summed E-state index contributed by atoms with van der Waals surface area (Å²) in [5, 5.41) is 2.93. The highest BCUT2D eigenvalue weighted by atomic mass is 16.3. The zero-order valence-corrected chi connectivity index (χ0v) is 13.4. The Morgan fingerprint density at radius 2 is 2.04 bits per heavy atom. The molecule has 1 saturated heterocycles. The smallest absolute Gasteiger partial charge is 0.287 e. The summed E-state index contributed by atoms with van der Waals surface area (Å²) in [6.45, 7) is 2.81. The quantitative estimate of drug-likeness (QED) is 0.887. The van der Waals surface area contributed by atoms with E-state index in [-0.39, 0.29) is 29.0 Å².